The fraction of sp³-hybridized carbons (Fsp3) is 0.286. The molecule has 0 spiro atoms. The normalized spacial score (nSPS) is 17.8. The molecule has 1 heterocycles. The van der Waals surface area contributed by atoms with E-state index >= 15 is 0 Å². The van der Waals surface area contributed by atoms with E-state index < -0.39 is 5.97 Å². The van der Waals surface area contributed by atoms with Crippen LogP contribution in [0.3, 0.4) is 0 Å². The molecule has 1 atom stereocenters. The summed E-state index contributed by atoms with van der Waals surface area (Å²) in [5.74, 6) is -0.978. The predicted molar refractivity (Wildman–Crippen MR) is 74.8 cm³/mol. The number of hydrogen-bond donors (Lipinski definition) is 2. The zero-order valence-electron chi connectivity index (χ0n) is 10.3. The van der Waals surface area contributed by atoms with Crippen molar-refractivity contribution in [3.05, 3.63) is 46.5 Å². The summed E-state index contributed by atoms with van der Waals surface area (Å²) in [6.45, 7) is 0. The van der Waals surface area contributed by atoms with Crippen molar-refractivity contribution in [1.29, 1.82) is 0 Å². The largest absolute Gasteiger partial charge is 0.476 e. The Balaban J connectivity index is 1.82. The molecular weight excluding hydrogens is 260 g/mol. The van der Waals surface area contributed by atoms with Gasteiger partial charge in [0.25, 0.3) is 0 Å². The van der Waals surface area contributed by atoms with Gasteiger partial charge in [-0.2, -0.15) is 0 Å². The summed E-state index contributed by atoms with van der Waals surface area (Å²) < 4.78 is 0. The average Bonchev–Trinajstić information content (AvgIpc) is 2.88. The van der Waals surface area contributed by atoms with E-state index in [1.165, 1.54) is 22.5 Å². The molecule has 0 saturated heterocycles. The molecule has 0 bridgehead atoms. The van der Waals surface area contributed by atoms with Crippen molar-refractivity contribution in [2.45, 2.75) is 25.3 Å². The Kier molecular flexibility index (Phi) is 3.21. The zero-order valence-corrected chi connectivity index (χ0v) is 11.1. The van der Waals surface area contributed by atoms with Gasteiger partial charge in [0.05, 0.1) is 6.04 Å². The summed E-state index contributed by atoms with van der Waals surface area (Å²) in [5, 5.41) is 14.5. The van der Waals surface area contributed by atoms with Crippen LogP contribution in [0.4, 0.5) is 5.13 Å². The van der Waals surface area contributed by atoms with Crippen LogP contribution in [-0.2, 0) is 6.42 Å². The molecule has 0 saturated carbocycles. The maximum absolute atomic E-state index is 10.8. The van der Waals surface area contributed by atoms with Crippen LogP contribution in [-0.4, -0.2) is 16.1 Å². The van der Waals surface area contributed by atoms with E-state index in [2.05, 4.69) is 28.5 Å². The van der Waals surface area contributed by atoms with Crippen molar-refractivity contribution in [2.24, 2.45) is 0 Å². The molecule has 4 nitrogen and oxygen atoms in total. The quantitative estimate of drug-likeness (QED) is 0.901. The highest BCUT2D eigenvalue weighted by atomic mass is 32.1. The molecule has 1 aromatic heterocycles. The lowest BCUT2D eigenvalue weighted by Crippen LogP contribution is -2.17. The third kappa shape index (κ3) is 2.46. The first-order valence-electron chi connectivity index (χ1n) is 6.27. The number of aryl methyl sites for hydroxylation is 1. The second-order valence-corrected chi connectivity index (χ2v) is 5.49. The molecule has 1 aromatic carbocycles. The van der Waals surface area contributed by atoms with Crippen molar-refractivity contribution in [3.63, 3.8) is 0 Å². The number of nitrogens with zero attached hydrogens (tertiary/aromatic N) is 1. The molecule has 1 unspecified atom stereocenters. The molecule has 3 rings (SSSR count). The van der Waals surface area contributed by atoms with E-state index in [0.29, 0.717) is 5.13 Å². The SMILES string of the molecule is O=C(O)c1csc(NC2CCCc3ccccc32)n1. The molecule has 1 aliphatic rings. The van der Waals surface area contributed by atoms with E-state index in [9.17, 15) is 4.79 Å². The fourth-order valence-corrected chi connectivity index (χ4v) is 3.23. The lowest BCUT2D eigenvalue weighted by Gasteiger charge is -2.26. The summed E-state index contributed by atoms with van der Waals surface area (Å²) >= 11 is 1.34. The lowest BCUT2D eigenvalue weighted by molar-refractivity contribution is 0.0691. The summed E-state index contributed by atoms with van der Waals surface area (Å²) in [5.41, 5.74) is 2.79. The highest BCUT2D eigenvalue weighted by Crippen LogP contribution is 2.33. The van der Waals surface area contributed by atoms with Gasteiger partial charge in [-0.3, -0.25) is 0 Å². The average molecular weight is 274 g/mol. The second kappa shape index (κ2) is 5.01. The van der Waals surface area contributed by atoms with Crippen LogP contribution in [0, 0.1) is 0 Å². The number of nitrogens with one attached hydrogen (secondary N) is 1. The number of carbonyl (C=O) groups is 1. The number of rotatable bonds is 3. The summed E-state index contributed by atoms with van der Waals surface area (Å²) in [4.78, 5) is 14.9. The molecule has 0 aliphatic heterocycles. The molecule has 5 heteroatoms. The Bertz CT molecular complexity index is 609. The topological polar surface area (TPSA) is 62.2 Å². The molecule has 0 amide bonds. The zero-order chi connectivity index (χ0) is 13.2. The number of benzene rings is 1. The maximum Gasteiger partial charge on any atom is 0.355 e. The highest BCUT2D eigenvalue weighted by Gasteiger charge is 2.20. The summed E-state index contributed by atoms with van der Waals surface area (Å²) in [6, 6.07) is 8.64. The van der Waals surface area contributed by atoms with Crippen LogP contribution in [0.25, 0.3) is 0 Å². The monoisotopic (exact) mass is 274 g/mol. The molecular formula is C14H14N2O2S. The van der Waals surface area contributed by atoms with E-state index in [4.69, 9.17) is 5.11 Å². The standard InChI is InChI=1S/C14H14N2O2S/c17-13(18)12-8-19-14(16-12)15-11-7-3-5-9-4-1-2-6-10(9)11/h1-2,4,6,8,11H,3,5,7H2,(H,15,16)(H,17,18). The van der Waals surface area contributed by atoms with E-state index in [-0.39, 0.29) is 11.7 Å². The minimum Gasteiger partial charge on any atom is -0.476 e. The second-order valence-electron chi connectivity index (χ2n) is 4.63. The van der Waals surface area contributed by atoms with Gasteiger partial charge in [0.15, 0.2) is 10.8 Å². The first-order chi connectivity index (χ1) is 9.24. The van der Waals surface area contributed by atoms with Gasteiger partial charge in [-0.05, 0) is 30.4 Å². The van der Waals surface area contributed by atoms with Gasteiger partial charge in [0, 0.05) is 5.38 Å². The van der Waals surface area contributed by atoms with Gasteiger partial charge in [0.1, 0.15) is 0 Å². The summed E-state index contributed by atoms with van der Waals surface area (Å²) in [6.07, 6.45) is 3.32. The van der Waals surface area contributed by atoms with E-state index in [0.717, 1.165) is 19.3 Å². The minimum absolute atomic E-state index is 0.108. The van der Waals surface area contributed by atoms with Crippen molar-refractivity contribution in [1.82, 2.24) is 4.98 Å². The van der Waals surface area contributed by atoms with Crippen molar-refractivity contribution < 1.29 is 9.90 Å². The number of aromatic nitrogens is 1. The number of hydrogen-bond acceptors (Lipinski definition) is 4. The smallest absolute Gasteiger partial charge is 0.355 e. The Morgan fingerprint density at radius 1 is 1.42 bits per heavy atom. The van der Waals surface area contributed by atoms with Crippen LogP contribution in [0.15, 0.2) is 29.6 Å². The molecule has 2 N–H and O–H groups in total. The Morgan fingerprint density at radius 2 is 2.26 bits per heavy atom. The first kappa shape index (κ1) is 12.2. The molecule has 19 heavy (non-hydrogen) atoms. The molecule has 0 radical (unpaired) electrons. The lowest BCUT2D eigenvalue weighted by atomic mass is 9.88. The Morgan fingerprint density at radius 3 is 3.05 bits per heavy atom. The van der Waals surface area contributed by atoms with Crippen molar-refractivity contribution >= 4 is 22.4 Å². The number of aromatic carboxylic acids is 1. The summed E-state index contributed by atoms with van der Waals surface area (Å²) in [7, 11) is 0. The van der Waals surface area contributed by atoms with Gasteiger partial charge in [0.2, 0.25) is 0 Å². The van der Waals surface area contributed by atoms with E-state index in [1.807, 2.05) is 6.07 Å². The number of thiazole rings is 1. The van der Waals surface area contributed by atoms with Crippen LogP contribution < -0.4 is 5.32 Å². The Labute approximate surface area is 115 Å². The predicted octanol–water partition coefficient (Wildman–Crippen LogP) is 3.33. The van der Waals surface area contributed by atoms with Gasteiger partial charge >= 0.3 is 5.97 Å². The van der Waals surface area contributed by atoms with Gasteiger partial charge in [-0.25, -0.2) is 9.78 Å². The van der Waals surface area contributed by atoms with Crippen LogP contribution in [0.5, 0.6) is 0 Å². The van der Waals surface area contributed by atoms with Crippen LogP contribution >= 0.6 is 11.3 Å². The molecule has 0 fully saturated rings. The third-order valence-corrected chi connectivity index (χ3v) is 4.16. The number of carboxylic acids is 1. The molecule has 1 aliphatic carbocycles. The van der Waals surface area contributed by atoms with Crippen LogP contribution in [0.1, 0.15) is 40.5 Å². The molecule has 2 aromatic rings. The number of anilines is 1. The number of carboxylic acid groups (broad SMARTS) is 1. The van der Waals surface area contributed by atoms with Crippen LogP contribution in [0.2, 0.25) is 0 Å². The number of fused-ring (bicyclic) bond motifs is 1. The molecule has 98 valence electrons. The fourth-order valence-electron chi connectivity index (χ4n) is 2.49. The highest BCUT2D eigenvalue weighted by molar-refractivity contribution is 7.13. The minimum atomic E-state index is -0.978. The Hall–Kier alpha value is -1.88. The first-order valence-corrected chi connectivity index (χ1v) is 7.15. The van der Waals surface area contributed by atoms with Crippen molar-refractivity contribution in [2.75, 3.05) is 5.32 Å². The van der Waals surface area contributed by atoms with Gasteiger partial charge < -0.3 is 10.4 Å². The van der Waals surface area contributed by atoms with Gasteiger partial charge in [-0.1, -0.05) is 24.3 Å². The maximum atomic E-state index is 10.8. The van der Waals surface area contributed by atoms with Crippen molar-refractivity contribution in [3.8, 4) is 0 Å². The third-order valence-electron chi connectivity index (χ3n) is 3.39. The van der Waals surface area contributed by atoms with E-state index in [1.54, 1.807) is 5.38 Å². The van der Waals surface area contributed by atoms with Gasteiger partial charge in [-0.15, -0.1) is 11.3 Å².